The first kappa shape index (κ1) is 14.9. The second-order valence-corrected chi connectivity index (χ2v) is 5.71. The highest BCUT2D eigenvalue weighted by molar-refractivity contribution is 9.10. The van der Waals surface area contributed by atoms with E-state index < -0.39 is 6.04 Å². The summed E-state index contributed by atoms with van der Waals surface area (Å²) in [7, 11) is 2.96. The lowest BCUT2D eigenvalue weighted by Crippen LogP contribution is -2.31. The second kappa shape index (κ2) is 7.33. The van der Waals surface area contributed by atoms with Crippen LogP contribution < -0.4 is 5.32 Å². The number of carbonyl (C=O) groups excluding carboxylic acids is 1. The Hall–Kier alpha value is -0.140. The molecule has 1 aromatic rings. The summed E-state index contributed by atoms with van der Waals surface area (Å²) >= 11 is 10.6. The fraction of sp³-hybridized carbons (Fsp3) is 0.500. The largest absolute Gasteiger partial charge is 0.468 e. The van der Waals surface area contributed by atoms with E-state index in [0.717, 1.165) is 9.35 Å². The molecule has 96 valence electrons. The van der Waals surface area contributed by atoms with E-state index in [-0.39, 0.29) is 5.97 Å². The summed E-state index contributed by atoms with van der Waals surface area (Å²) in [5.41, 5.74) is 0. The van der Waals surface area contributed by atoms with Gasteiger partial charge in [0.1, 0.15) is 10.4 Å². The third-order valence-electron chi connectivity index (χ3n) is 2.04. The first-order valence-corrected chi connectivity index (χ1v) is 6.83. The van der Waals surface area contributed by atoms with Crippen LogP contribution in [0, 0.1) is 0 Å². The highest BCUT2D eigenvalue weighted by Gasteiger charge is 2.23. The van der Waals surface area contributed by atoms with Gasteiger partial charge in [0.2, 0.25) is 0 Å². The monoisotopic (exact) mass is 341 g/mol. The molecule has 7 heteroatoms. The molecular weight excluding hydrogens is 330 g/mol. The summed E-state index contributed by atoms with van der Waals surface area (Å²) in [6.07, 6.45) is 0. The number of nitrogens with one attached hydrogen (secondary N) is 1. The Kier molecular flexibility index (Phi) is 6.43. The molecule has 0 amide bonds. The van der Waals surface area contributed by atoms with Crippen molar-refractivity contribution < 1.29 is 14.3 Å². The van der Waals surface area contributed by atoms with Crippen molar-refractivity contribution in [2.24, 2.45) is 0 Å². The van der Waals surface area contributed by atoms with Gasteiger partial charge in [0.25, 0.3) is 0 Å². The van der Waals surface area contributed by atoms with Crippen LogP contribution in [0.4, 0.5) is 0 Å². The summed E-state index contributed by atoms with van der Waals surface area (Å²) < 4.78 is 11.1. The van der Waals surface area contributed by atoms with Crippen molar-refractivity contribution in [3.8, 4) is 0 Å². The van der Waals surface area contributed by atoms with E-state index in [2.05, 4.69) is 21.2 Å². The Morgan fingerprint density at radius 2 is 2.35 bits per heavy atom. The van der Waals surface area contributed by atoms with E-state index >= 15 is 0 Å². The van der Waals surface area contributed by atoms with Gasteiger partial charge < -0.3 is 9.47 Å². The zero-order valence-electron chi connectivity index (χ0n) is 9.46. The van der Waals surface area contributed by atoms with Crippen LogP contribution in [-0.4, -0.2) is 33.3 Å². The van der Waals surface area contributed by atoms with Crippen LogP contribution in [0.1, 0.15) is 10.9 Å². The Balaban J connectivity index is 2.78. The average Bonchev–Trinajstić information content (AvgIpc) is 2.64. The van der Waals surface area contributed by atoms with Crippen molar-refractivity contribution in [2.75, 3.05) is 27.4 Å². The predicted octanol–water partition coefficient (Wildman–Crippen LogP) is 2.61. The molecule has 1 N–H and O–H groups in total. The van der Waals surface area contributed by atoms with Crippen LogP contribution in [0.5, 0.6) is 0 Å². The zero-order chi connectivity index (χ0) is 12.8. The molecule has 1 heterocycles. The smallest absolute Gasteiger partial charge is 0.328 e. The van der Waals surface area contributed by atoms with Gasteiger partial charge in [-0.3, -0.25) is 5.32 Å². The molecule has 1 atom stereocenters. The Morgan fingerprint density at radius 1 is 1.65 bits per heavy atom. The summed E-state index contributed by atoms with van der Waals surface area (Å²) in [4.78, 5) is 12.5. The van der Waals surface area contributed by atoms with Crippen LogP contribution in [0.2, 0.25) is 4.34 Å². The lowest BCUT2D eigenvalue weighted by molar-refractivity contribution is -0.143. The van der Waals surface area contributed by atoms with Gasteiger partial charge in [-0.25, -0.2) is 4.79 Å². The standard InChI is InChI=1S/C10H13BrClNO3S/c1-15-4-3-13-8(10(14)16-2)7-5-6(11)9(12)17-7/h5,8,13H,3-4H2,1-2H3. The molecule has 0 aromatic carbocycles. The van der Waals surface area contributed by atoms with Crippen LogP contribution in [0.3, 0.4) is 0 Å². The van der Waals surface area contributed by atoms with Gasteiger partial charge in [0.15, 0.2) is 0 Å². The minimum atomic E-state index is -0.510. The van der Waals surface area contributed by atoms with Crippen molar-refractivity contribution in [3.05, 3.63) is 19.8 Å². The topological polar surface area (TPSA) is 47.6 Å². The molecule has 0 spiro atoms. The molecule has 17 heavy (non-hydrogen) atoms. The van der Waals surface area contributed by atoms with E-state index in [4.69, 9.17) is 21.1 Å². The van der Waals surface area contributed by atoms with Crippen LogP contribution in [0.25, 0.3) is 0 Å². The third kappa shape index (κ3) is 4.22. The van der Waals surface area contributed by atoms with Crippen molar-refractivity contribution in [3.63, 3.8) is 0 Å². The first-order chi connectivity index (χ1) is 8.10. The molecule has 0 aliphatic rings. The lowest BCUT2D eigenvalue weighted by atomic mass is 10.2. The maximum absolute atomic E-state index is 11.6. The van der Waals surface area contributed by atoms with Crippen molar-refractivity contribution in [1.82, 2.24) is 5.32 Å². The van der Waals surface area contributed by atoms with Gasteiger partial charge in [0, 0.05) is 23.0 Å². The number of carbonyl (C=O) groups is 1. The quantitative estimate of drug-likeness (QED) is 0.638. The number of hydrogen-bond donors (Lipinski definition) is 1. The van der Waals surface area contributed by atoms with Gasteiger partial charge in [-0.2, -0.15) is 0 Å². The van der Waals surface area contributed by atoms with Crippen molar-refractivity contribution in [2.45, 2.75) is 6.04 Å². The highest BCUT2D eigenvalue weighted by Crippen LogP contribution is 2.35. The fourth-order valence-corrected chi connectivity index (χ4v) is 3.03. The normalized spacial score (nSPS) is 12.5. The van der Waals surface area contributed by atoms with Gasteiger partial charge in [-0.05, 0) is 22.0 Å². The Labute approximate surface area is 117 Å². The van der Waals surface area contributed by atoms with Gasteiger partial charge in [-0.1, -0.05) is 11.6 Å². The molecule has 0 aliphatic heterocycles. The van der Waals surface area contributed by atoms with E-state index in [9.17, 15) is 4.79 Å². The molecular formula is C10H13BrClNO3S. The SMILES string of the molecule is COCCNC(C(=O)OC)c1cc(Br)c(Cl)s1. The summed E-state index contributed by atoms with van der Waals surface area (Å²) in [5.74, 6) is -0.341. The highest BCUT2D eigenvalue weighted by atomic mass is 79.9. The summed E-state index contributed by atoms with van der Waals surface area (Å²) in [6.45, 7) is 1.08. The molecule has 0 saturated carbocycles. The molecule has 1 aromatic heterocycles. The average molecular weight is 343 g/mol. The van der Waals surface area contributed by atoms with E-state index in [1.807, 2.05) is 6.07 Å². The number of rotatable bonds is 6. The van der Waals surface area contributed by atoms with E-state index in [1.165, 1.54) is 18.4 Å². The lowest BCUT2D eigenvalue weighted by Gasteiger charge is -2.14. The minimum absolute atomic E-state index is 0.341. The number of esters is 1. The van der Waals surface area contributed by atoms with E-state index in [1.54, 1.807) is 7.11 Å². The van der Waals surface area contributed by atoms with Crippen LogP contribution in [-0.2, 0) is 14.3 Å². The molecule has 1 rings (SSSR count). The molecule has 0 saturated heterocycles. The molecule has 0 bridgehead atoms. The number of thiophene rings is 1. The van der Waals surface area contributed by atoms with Crippen LogP contribution in [0.15, 0.2) is 10.5 Å². The fourth-order valence-electron chi connectivity index (χ4n) is 1.23. The number of hydrogen-bond acceptors (Lipinski definition) is 5. The molecule has 0 radical (unpaired) electrons. The Morgan fingerprint density at radius 3 is 2.82 bits per heavy atom. The number of ether oxygens (including phenoxy) is 2. The zero-order valence-corrected chi connectivity index (χ0v) is 12.6. The number of methoxy groups -OCH3 is 2. The maximum atomic E-state index is 11.6. The predicted molar refractivity (Wildman–Crippen MR) is 71.7 cm³/mol. The van der Waals surface area contributed by atoms with Gasteiger partial charge in [0.05, 0.1) is 13.7 Å². The van der Waals surface area contributed by atoms with E-state index in [0.29, 0.717) is 17.5 Å². The van der Waals surface area contributed by atoms with Crippen molar-refractivity contribution in [1.29, 1.82) is 0 Å². The minimum Gasteiger partial charge on any atom is -0.468 e. The molecule has 1 unspecified atom stereocenters. The summed E-state index contributed by atoms with van der Waals surface area (Å²) in [6, 6.07) is 1.30. The van der Waals surface area contributed by atoms with Crippen molar-refractivity contribution >= 4 is 44.8 Å². The van der Waals surface area contributed by atoms with Gasteiger partial charge in [-0.15, -0.1) is 11.3 Å². The second-order valence-electron chi connectivity index (χ2n) is 3.17. The summed E-state index contributed by atoms with van der Waals surface area (Å²) in [5, 5.41) is 3.06. The number of halogens is 2. The Bertz CT molecular complexity index is 366. The third-order valence-corrected chi connectivity index (χ3v) is 4.58. The molecule has 4 nitrogen and oxygen atoms in total. The van der Waals surface area contributed by atoms with Crippen LogP contribution >= 0.6 is 38.9 Å². The molecule has 0 fully saturated rings. The maximum Gasteiger partial charge on any atom is 0.328 e. The van der Waals surface area contributed by atoms with Gasteiger partial charge >= 0.3 is 5.97 Å². The first-order valence-electron chi connectivity index (χ1n) is 4.85. The molecule has 0 aliphatic carbocycles.